The highest BCUT2D eigenvalue weighted by atomic mass is 79.9. The van der Waals surface area contributed by atoms with Crippen LogP contribution in [-0.2, 0) is 6.42 Å². The first kappa shape index (κ1) is 14.0. The quantitative estimate of drug-likeness (QED) is 0.932. The van der Waals surface area contributed by atoms with E-state index in [1.165, 1.54) is 18.2 Å². The highest BCUT2D eigenvalue weighted by Gasteiger charge is 2.21. The minimum Gasteiger partial charge on any atom is -0.387 e. The maximum atomic E-state index is 12.9. The summed E-state index contributed by atoms with van der Waals surface area (Å²) < 4.78 is 42.4. The number of alkyl halides is 2. The monoisotopic (exact) mass is 336 g/mol. The molecule has 8 heteroatoms. The van der Waals surface area contributed by atoms with Crippen LogP contribution in [0.25, 0.3) is 11.4 Å². The van der Waals surface area contributed by atoms with E-state index in [2.05, 4.69) is 26.1 Å². The van der Waals surface area contributed by atoms with Crippen LogP contribution in [0.4, 0.5) is 13.2 Å². The van der Waals surface area contributed by atoms with Crippen molar-refractivity contribution in [2.75, 3.05) is 0 Å². The molecule has 0 bridgehead atoms. The lowest BCUT2D eigenvalue weighted by molar-refractivity contribution is -0.00754. The van der Waals surface area contributed by atoms with Crippen LogP contribution >= 0.6 is 15.9 Å². The summed E-state index contributed by atoms with van der Waals surface area (Å²) in [5.74, 6) is -0.421. The number of hydrogen-bond acceptors (Lipinski definition) is 4. The van der Waals surface area contributed by atoms with Gasteiger partial charge in [0.05, 0.1) is 6.42 Å². The lowest BCUT2D eigenvalue weighted by atomic mass is 10.2. The standard InChI is InChI=1S/C11H8BrF3N2O2/c12-7-3-5(13)1-2-6(7)11-16-9(19-17-11)4-8(18)10(14)15/h1-3,8,10,18H,4H2. The lowest BCUT2D eigenvalue weighted by Gasteiger charge is -2.04. The zero-order chi connectivity index (χ0) is 14.0. The second kappa shape index (κ2) is 5.70. The summed E-state index contributed by atoms with van der Waals surface area (Å²) in [6.45, 7) is 0. The molecule has 1 N–H and O–H groups in total. The molecule has 2 rings (SSSR count). The van der Waals surface area contributed by atoms with E-state index < -0.39 is 24.8 Å². The van der Waals surface area contributed by atoms with Crippen molar-refractivity contribution in [3.63, 3.8) is 0 Å². The molecule has 0 amide bonds. The fourth-order valence-corrected chi connectivity index (χ4v) is 1.91. The van der Waals surface area contributed by atoms with E-state index in [1.54, 1.807) is 0 Å². The zero-order valence-corrected chi connectivity index (χ0v) is 10.9. The molecule has 1 aromatic heterocycles. The summed E-state index contributed by atoms with van der Waals surface area (Å²) in [6, 6.07) is 3.86. The number of aliphatic hydroxyl groups is 1. The van der Waals surface area contributed by atoms with Crippen molar-refractivity contribution in [1.29, 1.82) is 0 Å². The summed E-state index contributed by atoms with van der Waals surface area (Å²) in [4.78, 5) is 3.87. The molecular formula is C11H8BrF3N2O2. The average Bonchev–Trinajstić information content (AvgIpc) is 2.77. The molecule has 0 aliphatic carbocycles. The van der Waals surface area contributed by atoms with E-state index in [0.29, 0.717) is 10.0 Å². The summed E-state index contributed by atoms with van der Waals surface area (Å²) >= 11 is 3.14. The Bertz CT molecular complexity index is 577. The van der Waals surface area contributed by atoms with Gasteiger partial charge in [0.1, 0.15) is 11.9 Å². The van der Waals surface area contributed by atoms with Crippen molar-refractivity contribution in [3.8, 4) is 11.4 Å². The van der Waals surface area contributed by atoms with E-state index in [4.69, 9.17) is 9.63 Å². The molecule has 0 radical (unpaired) electrons. The predicted molar refractivity (Wildman–Crippen MR) is 63.1 cm³/mol. The van der Waals surface area contributed by atoms with E-state index in [-0.39, 0.29) is 11.7 Å². The van der Waals surface area contributed by atoms with Gasteiger partial charge in [0.15, 0.2) is 0 Å². The van der Waals surface area contributed by atoms with Gasteiger partial charge in [-0.25, -0.2) is 13.2 Å². The van der Waals surface area contributed by atoms with Gasteiger partial charge in [-0.05, 0) is 34.1 Å². The normalized spacial score (nSPS) is 12.9. The van der Waals surface area contributed by atoms with Gasteiger partial charge in [0.2, 0.25) is 11.7 Å². The Morgan fingerprint density at radius 2 is 2.11 bits per heavy atom. The maximum Gasteiger partial charge on any atom is 0.264 e. The Hall–Kier alpha value is -1.41. The van der Waals surface area contributed by atoms with Crippen LogP contribution < -0.4 is 0 Å². The molecule has 0 fully saturated rings. The van der Waals surface area contributed by atoms with Crippen LogP contribution in [0.15, 0.2) is 27.2 Å². The summed E-state index contributed by atoms with van der Waals surface area (Å²) in [5, 5.41) is 12.6. The molecule has 4 nitrogen and oxygen atoms in total. The Morgan fingerprint density at radius 1 is 1.37 bits per heavy atom. The second-order valence-corrected chi connectivity index (χ2v) is 4.60. The number of hydrogen-bond donors (Lipinski definition) is 1. The third-order valence-corrected chi connectivity index (χ3v) is 2.97. The summed E-state index contributed by atoms with van der Waals surface area (Å²) in [6.07, 6.45) is -5.18. The number of nitrogens with zero attached hydrogens (tertiary/aromatic N) is 2. The molecule has 1 unspecified atom stereocenters. The van der Waals surface area contributed by atoms with E-state index in [0.717, 1.165) is 0 Å². The number of aromatic nitrogens is 2. The van der Waals surface area contributed by atoms with Crippen molar-refractivity contribution >= 4 is 15.9 Å². The van der Waals surface area contributed by atoms with Crippen molar-refractivity contribution < 1.29 is 22.8 Å². The maximum absolute atomic E-state index is 12.9. The molecule has 1 atom stereocenters. The minimum atomic E-state index is -2.88. The van der Waals surface area contributed by atoms with Crippen LogP contribution in [-0.4, -0.2) is 27.8 Å². The molecule has 0 saturated heterocycles. The minimum absolute atomic E-state index is 0.112. The Balaban J connectivity index is 2.21. The number of aliphatic hydroxyl groups excluding tert-OH is 1. The van der Waals surface area contributed by atoms with Gasteiger partial charge in [-0.2, -0.15) is 4.98 Å². The van der Waals surface area contributed by atoms with E-state index in [9.17, 15) is 13.2 Å². The fourth-order valence-electron chi connectivity index (χ4n) is 1.39. The third-order valence-electron chi connectivity index (χ3n) is 2.31. The van der Waals surface area contributed by atoms with Gasteiger partial charge < -0.3 is 9.63 Å². The number of halogens is 4. The summed E-state index contributed by atoms with van der Waals surface area (Å²) in [5.41, 5.74) is 0.461. The molecule has 0 aliphatic rings. The van der Waals surface area contributed by atoms with Gasteiger partial charge in [-0.15, -0.1) is 0 Å². The lowest BCUT2D eigenvalue weighted by Crippen LogP contribution is -2.20. The van der Waals surface area contributed by atoms with Crippen LogP contribution in [0.2, 0.25) is 0 Å². The van der Waals surface area contributed by atoms with Crippen LogP contribution in [0.3, 0.4) is 0 Å². The first-order valence-electron chi connectivity index (χ1n) is 5.21. The van der Waals surface area contributed by atoms with E-state index >= 15 is 0 Å². The van der Waals surface area contributed by atoms with Crippen LogP contribution in [0.1, 0.15) is 5.89 Å². The Morgan fingerprint density at radius 3 is 2.74 bits per heavy atom. The third kappa shape index (κ3) is 3.32. The van der Waals surface area contributed by atoms with Crippen LogP contribution in [0, 0.1) is 5.82 Å². The highest BCUT2D eigenvalue weighted by Crippen LogP contribution is 2.26. The van der Waals surface area contributed by atoms with Crippen molar-refractivity contribution in [1.82, 2.24) is 10.1 Å². The number of rotatable bonds is 4. The molecule has 2 aromatic rings. The van der Waals surface area contributed by atoms with Gasteiger partial charge in [0, 0.05) is 10.0 Å². The topological polar surface area (TPSA) is 59.2 Å². The van der Waals surface area contributed by atoms with Gasteiger partial charge in [-0.1, -0.05) is 5.16 Å². The molecule has 0 aliphatic heterocycles. The molecule has 0 saturated carbocycles. The Kier molecular flexibility index (Phi) is 4.20. The smallest absolute Gasteiger partial charge is 0.264 e. The zero-order valence-electron chi connectivity index (χ0n) is 9.36. The van der Waals surface area contributed by atoms with Gasteiger partial charge in [0.25, 0.3) is 6.43 Å². The molecular weight excluding hydrogens is 329 g/mol. The largest absolute Gasteiger partial charge is 0.387 e. The predicted octanol–water partition coefficient (Wildman–Crippen LogP) is 2.81. The number of benzene rings is 1. The first-order valence-corrected chi connectivity index (χ1v) is 6.01. The summed E-state index contributed by atoms with van der Waals surface area (Å²) in [7, 11) is 0. The van der Waals surface area contributed by atoms with Gasteiger partial charge >= 0.3 is 0 Å². The highest BCUT2D eigenvalue weighted by molar-refractivity contribution is 9.10. The van der Waals surface area contributed by atoms with Crippen molar-refractivity contribution in [3.05, 3.63) is 34.4 Å². The average molecular weight is 337 g/mol. The molecule has 102 valence electrons. The van der Waals surface area contributed by atoms with Crippen LogP contribution in [0.5, 0.6) is 0 Å². The van der Waals surface area contributed by atoms with Gasteiger partial charge in [-0.3, -0.25) is 0 Å². The Labute approximate surface area is 114 Å². The van der Waals surface area contributed by atoms with Crippen molar-refractivity contribution in [2.45, 2.75) is 19.0 Å². The SMILES string of the molecule is OC(Cc1nc(-c2ccc(F)cc2Br)no1)C(F)F. The van der Waals surface area contributed by atoms with Crippen molar-refractivity contribution in [2.24, 2.45) is 0 Å². The first-order chi connectivity index (χ1) is 8.97. The second-order valence-electron chi connectivity index (χ2n) is 3.74. The molecule has 19 heavy (non-hydrogen) atoms. The van der Waals surface area contributed by atoms with E-state index in [1.807, 2.05) is 0 Å². The molecule has 0 spiro atoms. The molecule has 1 heterocycles. The fraction of sp³-hybridized carbons (Fsp3) is 0.273. The molecule has 1 aromatic carbocycles.